The van der Waals surface area contributed by atoms with Crippen molar-refractivity contribution in [3.63, 3.8) is 0 Å². The average molecular weight is 399 g/mol. The summed E-state index contributed by atoms with van der Waals surface area (Å²) >= 11 is 0. The molecule has 28 heavy (non-hydrogen) atoms. The molecule has 3 nitrogen and oxygen atoms in total. The van der Waals surface area contributed by atoms with E-state index in [1.165, 1.54) is 41.3 Å². The van der Waals surface area contributed by atoms with Gasteiger partial charge in [-0.05, 0) is 17.2 Å². The SMILES string of the molecule is N#Cc1ccc(C(c2ccccc2)C(F)(F)F)c(N2CCNC2)c1C(F)(F)F. The minimum absolute atomic E-state index is 0.0374. The molecule has 1 aliphatic heterocycles. The van der Waals surface area contributed by atoms with Gasteiger partial charge in [0.1, 0.15) is 5.92 Å². The fourth-order valence-electron chi connectivity index (χ4n) is 3.45. The first-order valence-corrected chi connectivity index (χ1v) is 8.36. The number of anilines is 1. The zero-order valence-electron chi connectivity index (χ0n) is 14.4. The van der Waals surface area contributed by atoms with Gasteiger partial charge in [0.25, 0.3) is 0 Å². The third-order valence-corrected chi connectivity index (χ3v) is 4.56. The van der Waals surface area contributed by atoms with Gasteiger partial charge in [-0.1, -0.05) is 36.4 Å². The molecule has 3 rings (SSSR count). The van der Waals surface area contributed by atoms with Gasteiger partial charge in [-0.2, -0.15) is 31.6 Å². The molecule has 1 fully saturated rings. The normalized spacial score (nSPS) is 16.1. The summed E-state index contributed by atoms with van der Waals surface area (Å²) in [5.74, 6) is -2.25. The Balaban J connectivity index is 2.34. The van der Waals surface area contributed by atoms with Crippen LogP contribution in [0.3, 0.4) is 0 Å². The molecule has 0 radical (unpaired) electrons. The number of nitrogens with one attached hydrogen (secondary N) is 1. The summed E-state index contributed by atoms with van der Waals surface area (Å²) in [5, 5.41) is 12.0. The summed E-state index contributed by atoms with van der Waals surface area (Å²) in [4.78, 5) is 1.21. The lowest BCUT2D eigenvalue weighted by Gasteiger charge is -2.30. The molecule has 1 unspecified atom stereocenters. The van der Waals surface area contributed by atoms with Crippen molar-refractivity contribution in [1.29, 1.82) is 5.26 Å². The topological polar surface area (TPSA) is 39.1 Å². The average Bonchev–Trinajstić information content (AvgIpc) is 3.14. The van der Waals surface area contributed by atoms with E-state index >= 15 is 0 Å². The first kappa shape index (κ1) is 20.0. The lowest BCUT2D eigenvalue weighted by molar-refractivity contribution is -0.143. The summed E-state index contributed by atoms with van der Waals surface area (Å²) in [6.07, 6.45) is -9.80. The van der Waals surface area contributed by atoms with Crippen molar-refractivity contribution in [3.8, 4) is 6.07 Å². The molecule has 1 atom stereocenters. The number of halogens is 6. The van der Waals surface area contributed by atoms with Crippen LogP contribution < -0.4 is 10.2 Å². The number of benzene rings is 2. The van der Waals surface area contributed by atoms with Gasteiger partial charge >= 0.3 is 12.4 Å². The van der Waals surface area contributed by atoms with Gasteiger partial charge < -0.3 is 4.90 Å². The highest BCUT2D eigenvalue weighted by Gasteiger charge is 2.47. The van der Waals surface area contributed by atoms with Gasteiger partial charge in [0.2, 0.25) is 0 Å². The fraction of sp³-hybridized carbons (Fsp3) is 0.316. The molecule has 0 bridgehead atoms. The zero-order valence-corrected chi connectivity index (χ0v) is 14.4. The Bertz CT molecular complexity index is 878. The van der Waals surface area contributed by atoms with Crippen LogP contribution in [0.25, 0.3) is 0 Å². The number of nitriles is 1. The Morgan fingerprint density at radius 2 is 1.68 bits per heavy atom. The van der Waals surface area contributed by atoms with Crippen LogP contribution in [0.2, 0.25) is 0 Å². The fourth-order valence-corrected chi connectivity index (χ4v) is 3.45. The van der Waals surface area contributed by atoms with Crippen molar-refractivity contribution in [2.75, 3.05) is 24.7 Å². The Morgan fingerprint density at radius 1 is 1.00 bits per heavy atom. The summed E-state index contributed by atoms with van der Waals surface area (Å²) in [7, 11) is 0. The van der Waals surface area contributed by atoms with Crippen LogP contribution in [-0.2, 0) is 6.18 Å². The van der Waals surface area contributed by atoms with E-state index in [1.807, 2.05) is 0 Å². The van der Waals surface area contributed by atoms with E-state index in [0.29, 0.717) is 6.54 Å². The van der Waals surface area contributed by atoms with E-state index in [-0.39, 0.29) is 18.8 Å². The van der Waals surface area contributed by atoms with Crippen molar-refractivity contribution >= 4 is 5.69 Å². The van der Waals surface area contributed by atoms with Crippen molar-refractivity contribution in [2.45, 2.75) is 18.3 Å². The first-order chi connectivity index (χ1) is 13.1. The largest absolute Gasteiger partial charge is 0.419 e. The molecule has 0 aromatic heterocycles. The number of hydrogen-bond acceptors (Lipinski definition) is 3. The number of nitrogens with zero attached hydrogens (tertiary/aromatic N) is 2. The van der Waals surface area contributed by atoms with E-state index in [0.717, 1.165) is 12.1 Å². The van der Waals surface area contributed by atoms with E-state index in [4.69, 9.17) is 5.26 Å². The minimum atomic E-state index is -4.98. The Hall–Kier alpha value is -2.73. The molecule has 1 saturated heterocycles. The molecule has 1 aliphatic rings. The summed E-state index contributed by atoms with van der Waals surface area (Å²) in [5.41, 5.74) is -3.31. The molecule has 2 aromatic carbocycles. The molecule has 9 heteroatoms. The molecule has 0 amide bonds. The first-order valence-electron chi connectivity index (χ1n) is 8.36. The monoisotopic (exact) mass is 399 g/mol. The Labute approximate surface area is 157 Å². The third kappa shape index (κ3) is 3.78. The van der Waals surface area contributed by atoms with Gasteiger partial charge in [-0.15, -0.1) is 0 Å². The van der Waals surface area contributed by atoms with Crippen LogP contribution in [0, 0.1) is 11.3 Å². The third-order valence-electron chi connectivity index (χ3n) is 4.56. The molecule has 148 valence electrons. The van der Waals surface area contributed by atoms with Gasteiger partial charge in [-0.3, -0.25) is 5.32 Å². The lowest BCUT2D eigenvalue weighted by atomic mass is 9.86. The number of hydrogen-bond donors (Lipinski definition) is 1. The quantitative estimate of drug-likeness (QED) is 0.765. The summed E-state index contributed by atoms with van der Waals surface area (Å²) in [6, 6.07) is 10.1. The second-order valence-corrected chi connectivity index (χ2v) is 6.34. The van der Waals surface area contributed by atoms with Crippen LogP contribution in [0.1, 0.15) is 28.2 Å². The molecular weight excluding hydrogens is 384 g/mol. The van der Waals surface area contributed by atoms with Gasteiger partial charge in [0, 0.05) is 13.1 Å². The smallest absolute Gasteiger partial charge is 0.357 e. The molecule has 1 heterocycles. The van der Waals surface area contributed by atoms with E-state index < -0.39 is 40.6 Å². The molecule has 0 spiro atoms. The van der Waals surface area contributed by atoms with Crippen LogP contribution in [0.5, 0.6) is 0 Å². The van der Waals surface area contributed by atoms with Crippen molar-refractivity contribution in [2.24, 2.45) is 0 Å². The van der Waals surface area contributed by atoms with E-state index in [9.17, 15) is 26.3 Å². The number of alkyl halides is 6. The van der Waals surface area contributed by atoms with Crippen LogP contribution in [0.4, 0.5) is 32.0 Å². The predicted octanol–water partition coefficient (Wildman–Crippen LogP) is 4.64. The molecule has 1 N–H and O–H groups in total. The molecular formula is C19H15F6N3. The zero-order chi connectivity index (χ0) is 20.5. The van der Waals surface area contributed by atoms with Crippen molar-refractivity contribution < 1.29 is 26.3 Å². The standard InChI is InChI=1S/C19H15F6N3/c20-18(21,22)15(12-4-2-1-3-5-12)14-7-6-13(10-26)16(19(23,24)25)17(14)28-9-8-27-11-28/h1-7,15,27H,8-9,11H2. The van der Waals surface area contributed by atoms with Gasteiger partial charge in [-0.25, -0.2) is 0 Å². The summed E-state index contributed by atoms with van der Waals surface area (Å²) in [6.45, 7) is 0.393. The lowest BCUT2D eigenvalue weighted by Crippen LogP contribution is -2.30. The van der Waals surface area contributed by atoms with E-state index in [1.54, 1.807) is 0 Å². The maximum atomic E-state index is 14.0. The highest BCUT2D eigenvalue weighted by Crippen LogP contribution is 2.48. The van der Waals surface area contributed by atoms with Crippen LogP contribution in [-0.4, -0.2) is 25.9 Å². The predicted molar refractivity (Wildman–Crippen MR) is 90.7 cm³/mol. The van der Waals surface area contributed by atoms with Crippen LogP contribution >= 0.6 is 0 Å². The molecule has 0 saturated carbocycles. The Kier molecular flexibility index (Phi) is 5.26. The number of rotatable bonds is 3. The Morgan fingerprint density at radius 3 is 2.18 bits per heavy atom. The van der Waals surface area contributed by atoms with E-state index in [2.05, 4.69) is 5.32 Å². The second kappa shape index (κ2) is 7.36. The molecule has 0 aliphatic carbocycles. The summed E-state index contributed by atoms with van der Waals surface area (Å²) < 4.78 is 83.4. The highest BCUT2D eigenvalue weighted by atomic mass is 19.4. The maximum Gasteiger partial charge on any atom is 0.419 e. The highest BCUT2D eigenvalue weighted by molar-refractivity contribution is 5.68. The van der Waals surface area contributed by atoms with Crippen LogP contribution in [0.15, 0.2) is 42.5 Å². The van der Waals surface area contributed by atoms with Gasteiger partial charge in [0.15, 0.2) is 0 Å². The second-order valence-electron chi connectivity index (χ2n) is 6.34. The molecule has 2 aromatic rings. The van der Waals surface area contributed by atoms with Gasteiger partial charge in [0.05, 0.1) is 29.6 Å². The minimum Gasteiger partial charge on any atom is -0.357 e. The van der Waals surface area contributed by atoms with Crippen molar-refractivity contribution in [1.82, 2.24) is 5.32 Å². The maximum absolute atomic E-state index is 14.0. The van der Waals surface area contributed by atoms with Crippen molar-refractivity contribution in [3.05, 3.63) is 64.7 Å².